The molecule has 0 atom stereocenters. The molecule has 0 N–H and O–H groups in total. The fourth-order valence-corrected chi connectivity index (χ4v) is 2.15. The zero-order valence-electron chi connectivity index (χ0n) is 14.3. The van der Waals surface area contributed by atoms with Crippen LogP contribution in [0.1, 0.15) is 32.7 Å². The Balaban J connectivity index is 1.93. The molecule has 6 heteroatoms. The number of nitrogens with zero attached hydrogens (tertiary/aromatic N) is 4. The van der Waals surface area contributed by atoms with Gasteiger partial charge in [0.2, 0.25) is 5.90 Å². The second-order valence-electron chi connectivity index (χ2n) is 5.81. The molecule has 2 aromatic carbocycles. The van der Waals surface area contributed by atoms with Crippen molar-refractivity contribution in [2.45, 2.75) is 20.8 Å². The van der Waals surface area contributed by atoms with Crippen molar-refractivity contribution in [1.82, 2.24) is 15.1 Å². The van der Waals surface area contributed by atoms with Crippen LogP contribution in [0.2, 0.25) is 0 Å². The molecule has 0 fully saturated rings. The summed E-state index contributed by atoms with van der Waals surface area (Å²) in [6.07, 6.45) is 1.65. The number of benzene rings is 2. The van der Waals surface area contributed by atoms with Gasteiger partial charge < -0.3 is 4.74 Å². The summed E-state index contributed by atoms with van der Waals surface area (Å²) in [5, 5.41) is 12.0. The van der Waals surface area contributed by atoms with Gasteiger partial charge in [0.25, 0.3) is 0 Å². The van der Waals surface area contributed by atoms with Gasteiger partial charge in [0.15, 0.2) is 0 Å². The molecule has 0 amide bonds. The van der Waals surface area contributed by atoms with Crippen molar-refractivity contribution in [2.24, 2.45) is 5.10 Å². The first-order valence-electron chi connectivity index (χ1n) is 7.85. The molecule has 0 aliphatic carbocycles. The summed E-state index contributed by atoms with van der Waals surface area (Å²) in [7, 11) is 0. The first-order chi connectivity index (χ1) is 12.0. The van der Waals surface area contributed by atoms with Crippen molar-refractivity contribution in [3.63, 3.8) is 0 Å². The molecule has 0 aliphatic rings. The number of aromatic nitrogens is 3. The molecule has 0 spiro atoms. The lowest BCUT2D eigenvalue weighted by Gasteiger charge is -2.08. The van der Waals surface area contributed by atoms with E-state index in [1.54, 1.807) is 18.3 Å². The second kappa shape index (κ2) is 7.09. The zero-order chi connectivity index (χ0) is 17.8. The van der Waals surface area contributed by atoms with Crippen LogP contribution in [-0.4, -0.2) is 27.0 Å². The van der Waals surface area contributed by atoms with Crippen LogP contribution in [0.4, 0.5) is 0 Å². The Morgan fingerprint density at radius 3 is 2.00 bits per heavy atom. The number of carbonyl (C=O) groups is 1. The molecule has 126 valence electrons. The molecule has 1 heterocycles. The summed E-state index contributed by atoms with van der Waals surface area (Å²) < 4.78 is 5.54. The number of rotatable bonds is 3. The maximum absolute atomic E-state index is 12.5. The van der Waals surface area contributed by atoms with Crippen LogP contribution in [-0.2, 0) is 4.74 Å². The molecule has 0 radical (unpaired) electrons. The van der Waals surface area contributed by atoms with Crippen LogP contribution in [0.5, 0.6) is 0 Å². The summed E-state index contributed by atoms with van der Waals surface area (Å²) >= 11 is 0. The quantitative estimate of drug-likeness (QED) is 0.419. The highest BCUT2D eigenvalue weighted by atomic mass is 16.5. The van der Waals surface area contributed by atoms with Crippen molar-refractivity contribution in [2.75, 3.05) is 0 Å². The van der Waals surface area contributed by atoms with Crippen LogP contribution < -0.4 is 0 Å². The van der Waals surface area contributed by atoms with Gasteiger partial charge >= 0.3 is 5.97 Å². The van der Waals surface area contributed by atoms with Gasteiger partial charge in [-0.2, -0.15) is 0 Å². The van der Waals surface area contributed by atoms with Crippen molar-refractivity contribution < 1.29 is 9.53 Å². The molecule has 0 saturated carbocycles. The minimum atomic E-state index is -0.476. The minimum absolute atomic E-state index is 0.162. The number of hydrogen-bond acceptors (Lipinski definition) is 5. The normalized spacial score (nSPS) is 11.4. The monoisotopic (exact) mass is 334 g/mol. The van der Waals surface area contributed by atoms with E-state index in [0.29, 0.717) is 11.1 Å². The van der Waals surface area contributed by atoms with Crippen LogP contribution in [0, 0.1) is 20.8 Å². The molecule has 0 bridgehead atoms. The van der Waals surface area contributed by atoms with Crippen LogP contribution in [0.15, 0.2) is 59.8 Å². The Morgan fingerprint density at radius 2 is 1.48 bits per heavy atom. The third-order valence-corrected chi connectivity index (χ3v) is 3.56. The molecule has 6 nitrogen and oxygen atoms in total. The topological polar surface area (TPSA) is 69.4 Å². The fourth-order valence-electron chi connectivity index (χ4n) is 2.15. The molecular weight excluding hydrogens is 316 g/mol. The molecule has 25 heavy (non-hydrogen) atoms. The Kier molecular flexibility index (Phi) is 4.70. The largest absolute Gasteiger partial charge is 0.402 e. The van der Waals surface area contributed by atoms with Crippen LogP contribution in [0.3, 0.4) is 0 Å². The van der Waals surface area contributed by atoms with E-state index in [2.05, 4.69) is 15.4 Å². The van der Waals surface area contributed by atoms with Gasteiger partial charge in [-0.3, -0.25) is 0 Å². The summed E-state index contributed by atoms with van der Waals surface area (Å²) in [5.41, 5.74) is 4.03. The lowest BCUT2D eigenvalue weighted by Crippen LogP contribution is -2.16. The SMILES string of the molecule is Cc1ccc(C(=O)O/C(=N/n2cc(C)nn2)c2ccc(C)cc2)cc1. The van der Waals surface area contributed by atoms with E-state index in [4.69, 9.17) is 4.74 Å². The summed E-state index contributed by atoms with van der Waals surface area (Å²) in [6, 6.07) is 14.7. The summed E-state index contributed by atoms with van der Waals surface area (Å²) in [5.74, 6) is -0.313. The van der Waals surface area contributed by atoms with Gasteiger partial charge in [0.1, 0.15) is 0 Å². The maximum Gasteiger partial charge on any atom is 0.344 e. The van der Waals surface area contributed by atoms with E-state index < -0.39 is 5.97 Å². The first kappa shape index (κ1) is 16.6. The van der Waals surface area contributed by atoms with E-state index in [-0.39, 0.29) is 5.90 Å². The van der Waals surface area contributed by atoms with Crippen molar-refractivity contribution in [3.05, 3.63) is 82.7 Å². The maximum atomic E-state index is 12.5. The van der Waals surface area contributed by atoms with E-state index >= 15 is 0 Å². The third kappa shape index (κ3) is 4.17. The van der Waals surface area contributed by atoms with Crippen molar-refractivity contribution >= 4 is 11.9 Å². The Labute approximate surface area is 145 Å². The van der Waals surface area contributed by atoms with Crippen LogP contribution >= 0.6 is 0 Å². The molecule has 3 aromatic rings. The van der Waals surface area contributed by atoms with E-state index in [1.165, 1.54) is 4.79 Å². The minimum Gasteiger partial charge on any atom is -0.402 e. The molecule has 0 aliphatic heterocycles. The number of hydrogen-bond donors (Lipinski definition) is 0. The molecular formula is C19H18N4O2. The van der Waals surface area contributed by atoms with Gasteiger partial charge in [-0.1, -0.05) is 35.4 Å². The summed E-state index contributed by atoms with van der Waals surface area (Å²) in [4.78, 5) is 13.7. The highest BCUT2D eigenvalue weighted by Crippen LogP contribution is 2.11. The van der Waals surface area contributed by atoms with E-state index in [1.807, 2.05) is 57.2 Å². The standard InChI is InChI=1S/C19H18N4O2/c1-13-4-8-16(9-5-13)18(21-23-12-15(3)20-22-23)25-19(24)17-10-6-14(2)7-11-17/h4-12H,1-3H3/b21-18+. The Hall–Kier alpha value is -3.28. The molecule has 0 unspecified atom stereocenters. The Morgan fingerprint density at radius 1 is 0.920 bits per heavy atom. The van der Waals surface area contributed by atoms with Gasteiger partial charge in [-0.25, -0.2) is 4.79 Å². The number of aryl methyl sites for hydroxylation is 3. The average molecular weight is 334 g/mol. The van der Waals surface area contributed by atoms with E-state index in [0.717, 1.165) is 16.8 Å². The number of carbonyl (C=O) groups excluding carboxylic acids is 1. The van der Waals surface area contributed by atoms with Gasteiger partial charge in [0.05, 0.1) is 17.5 Å². The van der Waals surface area contributed by atoms with Crippen molar-refractivity contribution in [1.29, 1.82) is 0 Å². The third-order valence-electron chi connectivity index (χ3n) is 3.56. The lowest BCUT2D eigenvalue weighted by atomic mass is 10.1. The van der Waals surface area contributed by atoms with Crippen molar-refractivity contribution in [3.8, 4) is 0 Å². The predicted molar refractivity (Wildman–Crippen MR) is 94.5 cm³/mol. The van der Waals surface area contributed by atoms with Crippen LogP contribution in [0.25, 0.3) is 0 Å². The second-order valence-corrected chi connectivity index (χ2v) is 5.81. The zero-order valence-corrected chi connectivity index (χ0v) is 14.3. The van der Waals surface area contributed by atoms with Gasteiger partial charge in [-0.05, 0) is 50.3 Å². The fraction of sp³-hybridized carbons (Fsp3) is 0.158. The highest BCUT2D eigenvalue weighted by molar-refractivity contribution is 6.05. The first-order valence-corrected chi connectivity index (χ1v) is 7.85. The molecule has 1 aromatic heterocycles. The molecule has 3 rings (SSSR count). The highest BCUT2D eigenvalue weighted by Gasteiger charge is 2.14. The lowest BCUT2D eigenvalue weighted by molar-refractivity contribution is 0.0716. The number of esters is 1. The average Bonchev–Trinajstić information content (AvgIpc) is 3.00. The van der Waals surface area contributed by atoms with Gasteiger partial charge in [0, 0.05) is 5.56 Å². The number of ether oxygens (including phenoxy) is 1. The van der Waals surface area contributed by atoms with E-state index in [9.17, 15) is 4.79 Å². The smallest absolute Gasteiger partial charge is 0.344 e. The molecule has 0 saturated heterocycles. The summed E-state index contributed by atoms with van der Waals surface area (Å²) in [6.45, 7) is 5.75. The van der Waals surface area contributed by atoms with Gasteiger partial charge in [-0.15, -0.1) is 15.0 Å². The predicted octanol–water partition coefficient (Wildman–Crippen LogP) is 3.27. The Bertz CT molecular complexity index is 909.